The molecule has 0 unspecified atom stereocenters. The van der Waals surface area contributed by atoms with Gasteiger partial charge in [-0.1, -0.05) is 78.9 Å². The molecular weight excluding hydrogens is 664 g/mol. The van der Waals surface area contributed by atoms with Crippen molar-refractivity contribution in [1.29, 1.82) is 0 Å². The Labute approximate surface area is 299 Å². The molecule has 0 fully saturated rings. The fourth-order valence-corrected chi connectivity index (χ4v) is 4.88. The predicted octanol–water partition coefficient (Wildman–Crippen LogP) is 7.99. The molecule has 0 aliphatic carbocycles. The Morgan fingerprint density at radius 2 is 0.885 bits per heavy atom. The second kappa shape index (κ2) is 19.1. The molecule has 4 N–H and O–H groups in total. The maximum Gasteiger partial charge on any atom is 0.373 e. The number of hydrogen-bond donors (Lipinski definition) is 4. The van der Waals surface area contributed by atoms with Crippen molar-refractivity contribution in [2.75, 3.05) is 0 Å². The summed E-state index contributed by atoms with van der Waals surface area (Å²) < 4.78 is 0. The van der Waals surface area contributed by atoms with Gasteiger partial charge in [-0.3, -0.25) is 0 Å². The number of carbonyl (C=O) groups excluding carboxylic acids is 2. The van der Waals surface area contributed by atoms with E-state index in [0.717, 1.165) is 50.1 Å². The number of carbonyl (C=O) groups is 3. The van der Waals surface area contributed by atoms with Gasteiger partial charge in [-0.25, -0.2) is 24.4 Å². The Kier molecular flexibility index (Phi) is 14.4. The summed E-state index contributed by atoms with van der Waals surface area (Å²) in [5.74, 6) is -2.50. The van der Waals surface area contributed by atoms with Crippen LogP contribution in [0.1, 0.15) is 47.8 Å². The average Bonchev–Trinajstić information content (AvgIpc) is 3.13. The molecule has 6 rings (SSSR count). The third-order valence-corrected chi connectivity index (χ3v) is 7.59. The molecule has 0 spiro atoms. The Morgan fingerprint density at radius 3 is 1.35 bits per heavy atom. The number of carboxylic acid groups (broad SMARTS) is 3. The number of phenols is 1. The summed E-state index contributed by atoms with van der Waals surface area (Å²) in [6.45, 7) is 5.35. The molecule has 6 aromatic rings. The van der Waals surface area contributed by atoms with Crippen LogP contribution in [0.5, 0.6) is 5.75 Å². The van der Waals surface area contributed by atoms with Gasteiger partial charge in [0, 0.05) is 18.0 Å². The largest absolute Gasteiger partial charge is 0.508 e. The van der Waals surface area contributed by atoms with E-state index in [1.165, 1.54) is 6.33 Å². The van der Waals surface area contributed by atoms with E-state index in [9.17, 15) is 19.5 Å². The molecule has 52 heavy (non-hydrogen) atoms. The first kappa shape index (κ1) is 39.2. The zero-order valence-corrected chi connectivity index (χ0v) is 28.3. The third kappa shape index (κ3) is 11.2. The molecule has 0 aliphatic heterocycles. The van der Waals surface area contributed by atoms with Crippen molar-refractivity contribution in [1.82, 2.24) is 9.97 Å². The molecule has 5 aromatic carbocycles. The number of aromatic hydroxyl groups is 1. The molecule has 0 aliphatic rings. The minimum atomic E-state index is -0.920. The van der Waals surface area contributed by atoms with Crippen LogP contribution in [0.2, 0.25) is 0 Å². The fraction of sp³-hybridized carbons (Fsp3) is 0.0732. The van der Waals surface area contributed by atoms with Gasteiger partial charge in [-0.15, -0.1) is 0 Å². The van der Waals surface area contributed by atoms with Crippen LogP contribution in [-0.2, 0) is 9.59 Å². The van der Waals surface area contributed by atoms with Gasteiger partial charge in [0.25, 0.3) is 0 Å². The van der Waals surface area contributed by atoms with Crippen LogP contribution in [0.15, 0.2) is 128 Å². The molecule has 0 bridgehead atoms. The monoisotopic (exact) mass is 698 g/mol. The first-order valence-corrected chi connectivity index (χ1v) is 15.5. The Balaban J connectivity index is 0.000000202. The normalized spacial score (nSPS) is 9.67. The van der Waals surface area contributed by atoms with Crippen LogP contribution in [-0.4, -0.2) is 54.5 Å². The van der Waals surface area contributed by atoms with Crippen molar-refractivity contribution in [3.05, 3.63) is 161 Å². The first-order chi connectivity index (χ1) is 24.9. The summed E-state index contributed by atoms with van der Waals surface area (Å²) in [4.78, 5) is 56.9. The first-order valence-electron chi connectivity index (χ1n) is 15.5. The van der Waals surface area contributed by atoms with E-state index in [1.54, 1.807) is 87.8 Å². The number of aromatic nitrogens is 2. The van der Waals surface area contributed by atoms with Crippen LogP contribution >= 0.6 is 0 Å². The van der Waals surface area contributed by atoms with E-state index in [-0.39, 0.29) is 11.9 Å². The molecular formula is C41H34N2O9. The van der Waals surface area contributed by atoms with Gasteiger partial charge < -0.3 is 20.4 Å². The van der Waals surface area contributed by atoms with Gasteiger partial charge in [0.05, 0.1) is 16.7 Å². The van der Waals surface area contributed by atoms with E-state index in [4.69, 9.17) is 24.9 Å². The predicted molar refractivity (Wildman–Crippen MR) is 193 cm³/mol. The maximum atomic E-state index is 11.0. The number of phenolic OH excluding ortho intramolecular Hbond substituents is 1. The molecule has 11 heteroatoms. The van der Waals surface area contributed by atoms with E-state index in [2.05, 4.69) is 9.97 Å². The van der Waals surface area contributed by atoms with Crippen LogP contribution in [0, 0.1) is 20.8 Å². The number of carboxylic acids is 3. The highest BCUT2D eigenvalue weighted by Crippen LogP contribution is 2.25. The van der Waals surface area contributed by atoms with Crippen molar-refractivity contribution in [2.24, 2.45) is 0 Å². The second-order valence-corrected chi connectivity index (χ2v) is 11.1. The van der Waals surface area contributed by atoms with Gasteiger partial charge in [0.2, 0.25) is 0 Å². The molecule has 0 amide bonds. The number of hydrogen-bond acceptors (Lipinski definition) is 8. The lowest BCUT2D eigenvalue weighted by atomic mass is 10.00. The molecule has 262 valence electrons. The lowest BCUT2D eigenvalue weighted by Crippen LogP contribution is -1.99. The minimum Gasteiger partial charge on any atom is -0.508 e. The van der Waals surface area contributed by atoms with Crippen molar-refractivity contribution in [3.63, 3.8) is 0 Å². The van der Waals surface area contributed by atoms with E-state index in [1.807, 2.05) is 54.6 Å². The summed E-state index contributed by atoms with van der Waals surface area (Å²) in [6, 6.07) is 32.5. The third-order valence-electron chi connectivity index (χ3n) is 7.59. The zero-order valence-electron chi connectivity index (χ0n) is 28.3. The van der Waals surface area contributed by atoms with Crippen LogP contribution < -0.4 is 0 Å². The van der Waals surface area contributed by atoms with Crippen molar-refractivity contribution in [3.8, 4) is 39.1 Å². The SMILES string of the molecule is Cc1cc(-c2ccc(O)cc2)ccc1C(=O)O.Cc1ccc(-c2ccccc2)cc1C(=O)O.Cc1ccc(-c2cncnc2)cc1C(=O)O.O=C=O. The average molecular weight is 699 g/mol. The smallest absolute Gasteiger partial charge is 0.373 e. The van der Waals surface area contributed by atoms with Crippen LogP contribution in [0.3, 0.4) is 0 Å². The summed E-state index contributed by atoms with van der Waals surface area (Å²) in [6.07, 6.45) is 5.00. The van der Waals surface area contributed by atoms with E-state index in [0.29, 0.717) is 16.7 Å². The lowest BCUT2D eigenvalue weighted by molar-refractivity contribution is -0.191. The highest BCUT2D eigenvalue weighted by Gasteiger charge is 2.10. The Hall–Kier alpha value is -7.23. The fourth-order valence-electron chi connectivity index (χ4n) is 4.88. The zero-order chi connectivity index (χ0) is 38.2. The second-order valence-electron chi connectivity index (χ2n) is 11.1. The number of nitrogens with zero attached hydrogens (tertiary/aromatic N) is 2. The molecule has 0 saturated heterocycles. The molecule has 0 radical (unpaired) electrons. The molecule has 1 heterocycles. The van der Waals surface area contributed by atoms with Crippen molar-refractivity contribution < 1.29 is 44.4 Å². The highest BCUT2D eigenvalue weighted by atomic mass is 16.4. The van der Waals surface area contributed by atoms with Crippen molar-refractivity contribution in [2.45, 2.75) is 20.8 Å². The van der Waals surface area contributed by atoms with Crippen LogP contribution in [0.25, 0.3) is 33.4 Å². The molecule has 1 aromatic heterocycles. The molecule has 11 nitrogen and oxygen atoms in total. The Bertz CT molecular complexity index is 2080. The molecule has 0 saturated carbocycles. The summed E-state index contributed by atoms with van der Waals surface area (Å²) in [5.41, 5.74) is 8.70. The highest BCUT2D eigenvalue weighted by molar-refractivity contribution is 5.92. The standard InChI is InChI=1S/C14H12O3.C14H12O2.C12H10N2O2.CO2/c1-9-8-11(4-7-13(9)14(16)17)10-2-5-12(15)6-3-10;1-10-7-8-12(9-13(10)14(15)16)11-5-3-2-4-6-11;1-8-2-3-9(4-11(8)12(15)16)10-5-13-7-14-6-10;2-1-3/h2-8,15H,1H3,(H,16,17);2-9H,1H3,(H,15,16);2-7H,1H3,(H,15,16);. The lowest BCUT2D eigenvalue weighted by Gasteiger charge is -2.05. The van der Waals surface area contributed by atoms with Crippen LogP contribution in [0.4, 0.5) is 0 Å². The van der Waals surface area contributed by atoms with Gasteiger partial charge in [0.15, 0.2) is 0 Å². The number of aryl methyl sites for hydroxylation is 3. The van der Waals surface area contributed by atoms with Gasteiger partial charge in [0.1, 0.15) is 12.1 Å². The number of aromatic carboxylic acids is 3. The summed E-state index contributed by atoms with van der Waals surface area (Å²) >= 11 is 0. The maximum absolute atomic E-state index is 11.0. The summed E-state index contributed by atoms with van der Waals surface area (Å²) in [7, 11) is 0. The van der Waals surface area contributed by atoms with Crippen molar-refractivity contribution >= 4 is 24.1 Å². The van der Waals surface area contributed by atoms with E-state index < -0.39 is 17.9 Å². The number of benzene rings is 5. The number of rotatable bonds is 6. The van der Waals surface area contributed by atoms with Gasteiger partial charge in [-0.2, -0.15) is 9.59 Å². The molecule has 0 atom stereocenters. The summed E-state index contributed by atoms with van der Waals surface area (Å²) in [5, 5.41) is 36.2. The Morgan fingerprint density at radius 1 is 0.481 bits per heavy atom. The quantitative estimate of drug-likeness (QED) is 0.132. The van der Waals surface area contributed by atoms with Gasteiger partial charge in [-0.05, 0) is 95.6 Å². The topological polar surface area (TPSA) is 192 Å². The minimum absolute atomic E-state index is 0.215. The van der Waals surface area contributed by atoms with E-state index >= 15 is 0 Å². The van der Waals surface area contributed by atoms with Gasteiger partial charge >= 0.3 is 24.1 Å².